The Hall–Kier alpha value is -4.51. The number of esters is 1. The SMILES string of the molecule is CCOC(=O)CON=C(C(=O)NC1C(=O)N2C(C(=O)O)=C(C[n+]3cccc4sccc43)CS[C@H]12)c1noc(N)n1. The number of nitrogens with one attached hydrogen (secondary N) is 1. The van der Waals surface area contributed by atoms with Crippen molar-refractivity contribution in [3.8, 4) is 0 Å². The maximum absolute atomic E-state index is 13.1. The molecule has 0 bridgehead atoms. The Balaban J connectivity index is 1.34. The van der Waals surface area contributed by atoms with Gasteiger partial charge in [-0.3, -0.25) is 14.5 Å². The monoisotopic (exact) mass is 588 g/mol. The molecule has 40 heavy (non-hydrogen) atoms. The number of hydrogen-bond acceptors (Lipinski definition) is 13. The smallest absolute Gasteiger partial charge is 0.352 e. The first-order valence-electron chi connectivity index (χ1n) is 11.8. The molecule has 1 unspecified atom stereocenters. The molecule has 3 aromatic heterocycles. The maximum Gasteiger partial charge on any atom is 0.352 e. The van der Waals surface area contributed by atoms with E-state index in [0.717, 1.165) is 10.2 Å². The van der Waals surface area contributed by atoms with Crippen LogP contribution in [0.1, 0.15) is 12.7 Å². The predicted octanol–water partition coefficient (Wildman–Crippen LogP) is -0.123. The van der Waals surface area contributed by atoms with Crippen molar-refractivity contribution in [2.24, 2.45) is 5.16 Å². The standard InChI is InChI=1S/C23H21N7O8S2/c1-2-36-14(31)9-37-27-15(18-26-23(24)38-28-18)19(32)25-16-20(33)30-17(22(34)35)11(10-40-21(16)30)8-29-6-3-4-13-12(29)5-7-39-13/h3-7,16,21H,2,8-10H2,1H3,(H3-,24,25,26,28,32,34,35)/p+1/t16?,21-/m1/s1. The molecule has 0 radical (unpaired) electrons. The van der Waals surface area contributed by atoms with Crippen LogP contribution in [0.25, 0.3) is 10.2 Å². The largest absolute Gasteiger partial charge is 0.477 e. The van der Waals surface area contributed by atoms with E-state index < -0.39 is 47.5 Å². The van der Waals surface area contributed by atoms with Gasteiger partial charge in [-0.05, 0) is 18.4 Å². The summed E-state index contributed by atoms with van der Waals surface area (Å²) in [6.45, 7) is 1.42. The van der Waals surface area contributed by atoms with Crippen LogP contribution in [0, 0.1) is 0 Å². The number of nitrogens with two attached hydrogens (primary N) is 1. The third kappa shape index (κ3) is 5.20. The number of carboxylic acids is 1. The molecule has 1 saturated heterocycles. The van der Waals surface area contributed by atoms with Crippen LogP contribution in [-0.4, -0.2) is 80.0 Å². The molecule has 1 fully saturated rings. The van der Waals surface area contributed by atoms with Crippen molar-refractivity contribution >= 4 is 68.8 Å². The minimum atomic E-state index is -1.24. The van der Waals surface area contributed by atoms with Gasteiger partial charge in [0.2, 0.25) is 23.7 Å². The second-order valence-electron chi connectivity index (χ2n) is 8.40. The van der Waals surface area contributed by atoms with Gasteiger partial charge in [0.15, 0.2) is 12.7 Å². The molecule has 17 heteroatoms. The molecular formula is C23H22N7O8S2+. The van der Waals surface area contributed by atoms with Gasteiger partial charge >= 0.3 is 18.0 Å². The molecular weight excluding hydrogens is 566 g/mol. The number of nitrogens with zero attached hydrogens (tertiary/aromatic N) is 5. The quantitative estimate of drug-likeness (QED) is 0.0932. The molecule has 5 heterocycles. The number of rotatable bonds is 10. The van der Waals surface area contributed by atoms with Gasteiger partial charge in [-0.25, -0.2) is 9.59 Å². The Morgan fingerprint density at radius 3 is 2.92 bits per heavy atom. The number of fused-ring (bicyclic) bond motifs is 2. The average Bonchev–Trinajstić information content (AvgIpc) is 3.59. The average molecular weight is 589 g/mol. The lowest BCUT2D eigenvalue weighted by Gasteiger charge is -2.49. The molecule has 15 nitrogen and oxygen atoms in total. The van der Waals surface area contributed by atoms with Gasteiger partial charge < -0.3 is 30.3 Å². The van der Waals surface area contributed by atoms with Crippen LogP contribution in [0.2, 0.25) is 0 Å². The van der Waals surface area contributed by atoms with Crippen LogP contribution < -0.4 is 15.6 Å². The number of thioether (sulfide) groups is 1. The van der Waals surface area contributed by atoms with E-state index in [9.17, 15) is 24.3 Å². The molecule has 5 rings (SSSR count). The number of anilines is 1. The Kier molecular flexibility index (Phi) is 7.65. The van der Waals surface area contributed by atoms with Gasteiger partial charge in [-0.1, -0.05) is 10.3 Å². The van der Waals surface area contributed by atoms with Crippen molar-refractivity contribution in [3.63, 3.8) is 0 Å². The highest BCUT2D eigenvalue weighted by molar-refractivity contribution is 8.00. The molecule has 0 saturated carbocycles. The van der Waals surface area contributed by atoms with Gasteiger partial charge in [0.1, 0.15) is 17.1 Å². The van der Waals surface area contributed by atoms with E-state index in [4.69, 9.17) is 19.8 Å². The molecule has 0 spiro atoms. The number of carbonyl (C=O) groups is 4. The molecule has 0 aliphatic carbocycles. The van der Waals surface area contributed by atoms with E-state index in [1.54, 1.807) is 18.3 Å². The second-order valence-corrected chi connectivity index (χ2v) is 10.5. The summed E-state index contributed by atoms with van der Waals surface area (Å²) >= 11 is 2.89. The van der Waals surface area contributed by atoms with Crippen LogP contribution in [0.15, 0.2) is 50.7 Å². The van der Waals surface area contributed by atoms with Crippen molar-refractivity contribution in [2.75, 3.05) is 24.7 Å². The number of β-lactam (4-membered cyclic amide) rings is 1. The molecule has 208 valence electrons. The van der Waals surface area contributed by atoms with E-state index in [1.165, 1.54) is 16.7 Å². The van der Waals surface area contributed by atoms with E-state index in [1.807, 2.05) is 34.3 Å². The van der Waals surface area contributed by atoms with Crippen molar-refractivity contribution in [1.29, 1.82) is 0 Å². The molecule has 2 aliphatic rings. The van der Waals surface area contributed by atoms with Gasteiger partial charge in [0, 0.05) is 23.5 Å². The number of thiophene rings is 1. The lowest BCUT2D eigenvalue weighted by Crippen LogP contribution is -2.71. The van der Waals surface area contributed by atoms with Crippen molar-refractivity contribution in [1.82, 2.24) is 20.4 Å². The van der Waals surface area contributed by atoms with E-state index in [-0.39, 0.29) is 30.7 Å². The van der Waals surface area contributed by atoms with Gasteiger partial charge in [-0.2, -0.15) is 9.55 Å². The fraction of sp³-hybridized carbons (Fsp3) is 0.304. The number of carbonyl (C=O) groups excluding carboxylic acids is 3. The first-order valence-corrected chi connectivity index (χ1v) is 13.7. The number of aromatic nitrogens is 3. The minimum Gasteiger partial charge on any atom is -0.477 e. The highest BCUT2D eigenvalue weighted by atomic mass is 32.2. The number of amides is 2. The Labute approximate surface area is 233 Å². The number of aliphatic carboxylic acids is 1. The number of nitrogen functional groups attached to an aromatic ring is 1. The summed E-state index contributed by atoms with van der Waals surface area (Å²) < 4.78 is 12.4. The van der Waals surface area contributed by atoms with Gasteiger partial charge in [0.05, 0.1) is 11.3 Å². The fourth-order valence-corrected chi connectivity index (χ4v) is 6.36. The number of pyridine rings is 1. The van der Waals surface area contributed by atoms with E-state index in [2.05, 4.69) is 20.6 Å². The summed E-state index contributed by atoms with van der Waals surface area (Å²) in [7, 11) is 0. The van der Waals surface area contributed by atoms with Crippen molar-refractivity contribution in [2.45, 2.75) is 24.9 Å². The fourth-order valence-electron chi connectivity index (χ4n) is 4.22. The molecule has 4 N–H and O–H groups in total. The molecule has 0 aromatic carbocycles. The first kappa shape index (κ1) is 27.1. The van der Waals surface area contributed by atoms with Gasteiger partial charge in [-0.15, -0.1) is 23.1 Å². The Bertz CT molecular complexity index is 1570. The van der Waals surface area contributed by atoms with E-state index in [0.29, 0.717) is 11.3 Å². The van der Waals surface area contributed by atoms with Crippen LogP contribution in [0.4, 0.5) is 6.01 Å². The lowest BCUT2D eigenvalue weighted by molar-refractivity contribution is -0.663. The summed E-state index contributed by atoms with van der Waals surface area (Å²) in [5, 5.41) is 21.0. The Morgan fingerprint density at radius 2 is 2.20 bits per heavy atom. The number of ether oxygens (including phenoxy) is 1. The van der Waals surface area contributed by atoms with Crippen LogP contribution >= 0.6 is 23.1 Å². The van der Waals surface area contributed by atoms with Crippen LogP contribution in [0.5, 0.6) is 0 Å². The normalized spacial score (nSPS) is 18.8. The topological polar surface area (TPSA) is 203 Å². The van der Waals surface area contributed by atoms with Crippen molar-refractivity contribution < 1.29 is 42.9 Å². The minimum absolute atomic E-state index is 0.114. The number of oxime groups is 1. The van der Waals surface area contributed by atoms with Crippen LogP contribution in [0.3, 0.4) is 0 Å². The molecule has 2 aliphatic heterocycles. The van der Waals surface area contributed by atoms with Crippen molar-refractivity contribution in [3.05, 3.63) is 46.9 Å². The zero-order valence-electron chi connectivity index (χ0n) is 20.8. The summed E-state index contributed by atoms with van der Waals surface area (Å²) in [4.78, 5) is 59.9. The first-order chi connectivity index (χ1) is 19.3. The zero-order chi connectivity index (χ0) is 28.4. The lowest BCUT2D eigenvalue weighted by atomic mass is 10.0. The van der Waals surface area contributed by atoms with Crippen LogP contribution in [-0.2, 0) is 35.3 Å². The highest BCUT2D eigenvalue weighted by Crippen LogP contribution is 2.40. The third-order valence-electron chi connectivity index (χ3n) is 5.91. The summed E-state index contributed by atoms with van der Waals surface area (Å²) in [5.41, 5.74) is 6.34. The third-order valence-corrected chi connectivity index (χ3v) is 8.12. The summed E-state index contributed by atoms with van der Waals surface area (Å²) in [6, 6.07) is 4.39. The van der Waals surface area contributed by atoms with E-state index >= 15 is 0 Å². The number of hydrogen-bond donors (Lipinski definition) is 3. The number of carboxylic acid groups (broad SMARTS) is 1. The molecule has 3 aromatic rings. The molecule has 2 amide bonds. The summed E-state index contributed by atoms with van der Waals surface area (Å²) in [5.74, 6) is -3.52. The Morgan fingerprint density at radius 1 is 1.38 bits per heavy atom. The maximum atomic E-state index is 13.1. The predicted molar refractivity (Wildman–Crippen MR) is 140 cm³/mol. The van der Waals surface area contributed by atoms with Gasteiger partial charge in [0.25, 0.3) is 11.8 Å². The summed E-state index contributed by atoms with van der Waals surface area (Å²) in [6.07, 6.45) is 1.86. The zero-order valence-corrected chi connectivity index (χ0v) is 22.4. The highest BCUT2D eigenvalue weighted by Gasteiger charge is 2.55. The molecule has 2 atom stereocenters. The second kappa shape index (κ2) is 11.3.